The fourth-order valence-corrected chi connectivity index (χ4v) is 6.57. The molecule has 4 aromatic rings. The summed E-state index contributed by atoms with van der Waals surface area (Å²) in [6.45, 7) is 2.99. The molecule has 2 aromatic carbocycles. The van der Waals surface area contributed by atoms with Gasteiger partial charge in [-0.05, 0) is 31.3 Å². The van der Waals surface area contributed by atoms with Crippen LogP contribution in [0.5, 0.6) is 6.01 Å². The minimum absolute atomic E-state index is 0.134. The lowest BCUT2D eigenvalue weighted by Gasteiger charge is -2.44. The number of fused-ring (bicyclic) bond motifs is 2. The molecule has 0 aliphatic carbocycles. The number of likely N-dealkylation sites (tertiary alicyclic amines) is 2. The molecule has 0 spiro atoms. The van der Waals surface area contributed by atoms with E-state index in [-0.39, 0.29) is 57.7 Å². The van der Waals surface area contributed by atoms with Gasteiger partial charge in [0, 0.05) is 49.1 Å². The number of carbonyl (C=O) groups is 1. The average molecular weight is 670 g/mol. The van der Waals surface area contributed by atoms with E-state index in [0.29, 0.717) is 17.4 Å². The van der Waals surface area contributed by atoms with E-state index >= 15 is 4.39 Å². The van der Waals surface area contributed by atoms with Crippen LogP contribution in [-0.2, 0) is 11.0 Å². The van der Waals surface area contributed by atoms with Gasteiger partial charge in [0.15, 0.2) is 10.9 Å². The van der Waals surface area contributed by atoms with E-state index in [1.807, 2.05) is 0 Å². The standard InChI is InChI=1S/C29H26F7N7O2S/c1-4-19(44)43-9-14(10-43)42(3)25-16-7-17(29(34,35)36)20(15-5-6-18(30)24-23(15)38-26(37)46-24)21(31)22(16)39-27(40-25)45-11-13-8-28(32,33)12-41(13)2/h4-7,13-14H,1,8-12H2,2-3H3,(H2,37,38). The minimum Gasteiger partial charge on any atom is -0.462 e. The number of amides is 1. The molecule has 2 N–H and O–H groups in total. The van der Waals surface area contributed by atoms with Gasteiger partial charge in [-0.1, -0.05) is 17.9 Å². The molecule has 0 bridgehead atoms. The van der Waals surface area contributed by atoms with Crippen molar-refractivity contribution in [2.45, 2.75) is 30.6 Å². The number of nitrogens with zero attached hydrogens (tertiary/aromatic N) is 6. The van der Waals surface area contributed by atoms with Crippen molar-refractivity contribution in [3.8, 4) is 17.1 Å². The number of alkyl halides is 5. The Morgan fingerprint density at radius 1 is 1.22 bits per heavy atom. The van der Waals surface area contributed by atoms with Gasteiger partial charge in [-0.15, -0.1) is 0 Å². The number of rotatable bonds is 7. The number of aromatic nitrogens is 3. The second-order valence-corrected chi connectivity index (χ2v) is 12.3. The number of thiazole rings is 1. The third-order valence-corrected chi connectivity index (χ3v) is 9.14. The molecule has 0 radical (unpaired) electrons. The van der Waals surface area contributed by atoms with E-state index in [1.165, 1.54) is 28.8 Å². The molecule has 17 heteroatoms. The van der Waals surface area contributed by atoms with E-state index in [0.717, 1.165) is 18.2 Å². The number of anilines is 2. The first kappa shape index (κ1) is 31.7. The summed E-state index contributed by atoms with van der Waals surface area (Å²) in [6.07, 6.45) is -4.48. The van der Waals surface area contributed by atoms with E-state index in [2.05, 4.69) is 21.5 Å². The summed E-state index contributed by atoms with van der Waals surface area (Å²) in [7, 11) is 3.00. The lowest BCUT2D eigenvalue weighted by atomic mass is 9.95. The molecule has 4 heterocycles. The topological polar surface area (TPSA) is 101 Å². The van der Waals surface area contributed by atoms with Crippen molar-refractivity contribution < 1.29 is 40.3 Å². The van der Waals surface area contributed by atoms with Crippen LogP contribution in [0.1, 0.15) is 12.0 Å². The Balaban J connectivity index is 1.52. The van der Waals surface area contributed by atoms with Gasteiger partial charge in [-0.2, -0.15) is 23.1 Å². The van der Waals surface area contributed by atoms with Crippen LogP contribution in [0, 0.1) is 11.6 Å². The molecule has 1 amide bonds. The summed E-state index contributed by atoms with van der Waals surface area (Å²) < 4.78 is 109. The van der Waals surface area contributed by atoms with Crippen molar-refractivity contribution in [3.05, 3.63) is 48.1 Å². The van der Waals surface area contributed by atoms with Crippen LogP contribution < -0.4 is 15.4 Å². The molecule has 1 atom stereocenters. The first-order chi connectivity index (χ1) is 21.6. The number of likely N-dealkylation sites (N-methyl/N-ethyl adjacent to an activating group) is 2. The van der Waals surface area contributed by atoms with Gasteiger partial charge in [0.25, 0.3) is 5.92 Å². The summed E-state index contributed by atoms with van der Waals surface area (Å²) in [4.78, 5) is 28.7. The largest absolute Gasteiger partial charge is 0.462 e. The Hall–Kier alpha value is -4.25. The highest BCUT2D eigenvalue weighted by Crippen LogP contribution is 2.46. The summed E-state index contributed by atoms with van der Waals surface area (Å²) >= 11 is 0.698. The molecule has 2 aromatic heterocycles. The number of nitrogen functional groups attached to an aromatic ring is 1. The number of carbonyl (C=O) groups excluding carboxylic acids is 1. The maximum absolute atomic E-state index is 16.6. The van der Waals surface area contributed by atoms with E-state index < -0.39 is 71.4 Å². The predicted octanol–water partition coefficient (Wildman–Crippen LogP) is 5.34. The Morgan fingerprint density at radius 3 is 2.57 bits per heavy atom. The molecule has 6 rings (SSSR count). The van der Waals surface area contributed by atoms with E-state index in [4.69, 9.17) is 10.5 Å². The zero-order chi connectivity index (χ0) is 33.3. The van der Waals surface area contributed by atoms with Crippen molar-refractivity contribution in [3.63, 3.8) is 0 Å². The van der Waals surface area contributed by atoms with Gasteiger partial charge in [0.05, 0.1) is 28.4 Å². The van der Waals surface area contributed by atoms with Gasteiger partial charge < -0.3 is 20.3 Å². The number of hydrogen-bond acceptors (Lipinski definition) is 9. The second-order valence-electron chi connectivity index (χ2n) is 11.3. The van der Waals surface area contributed by atoms with Crippen molar-refractivity contribution >= 4 is 49.3 Å². The summed E-state index contributed by atoms with van der Waals surface area (Å²) in [5.41, 5.74) is 2.22. The number of benzene rings is 2. The smallest absolute Gasteiger partial charge is 0.417 e. The Bertz CT molecular complexity index is 1880. The Morgan fingerprint density at radius 2 is 1.93 bits per heavy atom. The molecule has 0 saturated carbocycles. The quantitative estimate of drug-likeness (QED) is 0.208. The third kappa shape index (κ3) is 5.55. The monoisotopic (exact) mass is 669 g/mol. The number of halogens is 7. The van der Waals surface area contributed by atoms with Crippen molar-refractivity contribution in [1.82, 2.24) is 24.8 Å². The Kier molecular flexibility index (Phi) is 7.74. The molecule has 244 valence electrons. The van der Waals surface area contributed by atoms with Crippen LogP contribution in [0.3, 0.4) is 0 Å². The van der Waals surface area contributed by atoms with Crippen LogP contribution >= 0.6 is 11.3 Å². The first-order valence-corrected chi connectivity index (χ1v) is 14.7. The van der Waals surface area contributed by atoms with Crippen LogP contribution in [0.15, 0.2) is 30.9 Å². The highest BCUT2D eigenvalue weighted by atomic mass is 32.1. The minimum atomic E-state index is -5.10. The van der Waals surface area contributed by atoms with Gasteiger partial charge in [0.1, 0.15) is 23.8 Å². The van der Waals surface area contributed by atoms with Gasteiger partial charge in [-0.3, -0.25) is 9.69 Å². The fraction of sp³-hybridized carbons (Fsp3) is 0.379. The zero-order valence-electron chi connectivity index (χ0n) is 24.3. The van der Waals surface area contributed by atoms with Crippen LogP contribution in [0.25, 0.3) is 32.2 Å². The average Bonchev–Trinajstić information content (AvgIpc) is 3.48. The number of ether oxygens (including phenoxy) is 1. The van der Waals surface area contributed by atoms with Crippen molar-refractivity contribution in [1.29, 1.82) is 0 Å². The Labute approximate surface area is 261 Å². The predicted molar refractivity (Wildman–Crippen MR) is 158 cm³/mol. The normalized spacial score (nSPS) is 18.7. The van der Waals surface area contributed by atoms with Crippen LogP contribution in [-0.4, -0.2) is 89.0 Å². The summed E-state index contributed by atoms with van der Waals surface area (Å²) in [6, 6.07) is 0.955. The molecule has 2 fully saturated rings. The van der Waals surface area contributed by atoms with Crippen LogP contribution in [0.2, 0.25) is 0 Å². The maximum atomic E-state index is 16.6. The van der Waals surface area contributed by atoms with Gasteiger partial charge >= 0.3 is 12.2 Å². The summed E-state index contributed by atoms with van der Waals surface area (Å²) in [5.74, 6) is -5.64. The first-order valence-electron chi connectivity index (χ1n) is 13.9. The molecule has 2 aliphatic rings. The van der Waals surface area contributed by atoms with E-state index in [1.54, 1.807) is 0 Å². The van der Waals surface area contributed by atoms with Crippen molar-refractivity contribution in [2.24, 2.45) is 0 Å². The third-order valence-electron chi connectivity index (χ3n) is 8.25. The lowest BCUT2D eigenvalue weighted by molar-refractivity contribution is -0.137. The van der Waals surface area contributed by atoms with E-state index in [9.17, 15) is 31.1 Å². The second kappa shape index (κ2) is 11.2. The number of nitrogens with two attached hydrogens (primary N) is 1. The molecular formula is C29H26F7N7O2S. The molecule has 2 aliphatic heterocycles. The SMILES string of the molecule is C=CC(=O)N1CC(N(C)c2nc(OCC3CC(F)(F)CN3C)nc3c(F)c(-c4ccc(F)c5sc(N)nc45)c(C(F)(F)F)cc23)C1. The highest BCUT2D eigenvalue weighted by molar-refractivity contribution is 7.22. The summed E-state index contributed by atoms with van der Waals surface area (Å²) in [5, 5.41) is -0.456. The van der Waals surface area contributed by atoms with Crippen LogP contribution in [0.4, 0.5) is 41.7 Å². The molecule has 9 nitrogen and oxygen atoms in total. The lowest BCUT2D eigenvalue weighted by Crippen LogP contribution is -2.60. The zero-order valence-corrected chi connectivity index (χ0v) is 25.2. The molecule has 2 saturated heterocycles. The molecule has 1 unspecified atom stereocenters. The molecular weight excluding hydrogens is 643 g/mol. The highest BCUT2D eigenvalue weighted by Gasteiger charge is 2.44. The fourth-order valence-electron chi connectivity index (χ4n) is 5.80. The van der Waals surface area contributed by atoms with Gasteiger partial charge in [0.2, 0.25) is 5.91 Å². The number of hydrogen-bond donors (Lipinski definition) is 1. The van der Waals surface area contributed by atoms with Crippen molar-refractivity contribution in [2.75, 3.05) is 51.0 Å². The van der Waals surface area contributed by atoms with Gasteiger partial charge in [-0.25, -0.2) is 22.5 Å². The molecule has 46 heavy (non-hydrogen) atoms. The maximum Gasteiger partial charge on any atom is 0.417 e.